The quantitative estimate of drug-likeness (QED) is 0.330. The first-order valence-electron chi connectivity index (χ1n) is 9.54. The molecule has 0 radical (unpaired) electrons. The van der Waals surface area contributed by atoms with Crippen LogP contribution in [0.3, 0.4) is 0 Å². The lowest BCUT2D eigenvalue weighted by Crippen LogP contribution is -2.08. The molecular formula is C23H24ClNO3. The van der Waals surface area contributed by atoms with Gasteiger partial charge in [-0.15, -0.1) is 0 Å². The molecule has 146 valence electrons. The van der Waals surface area contributed by atoms with Gasteiger partial charge in [-0.3, -0.25) is 0 Å². The molecule has 4 nitrogen and oxygen atoms in total. The molecule has 0 atom stereocenters. The topological polar surface area (TPSA) is 48.4 Å². The third-order valence-corrected chi connectivity index (χ3v) is 4.84. The first-order valence-corrected chi connectivity index (χ1v) is 9.92. The fourth-order valence-electron chi connectivity index (χ4n) is 3.05. The number of aromatic nitrogens is 1. The Morgan fingerprint density at radius 1 is 1.04 bits per heavy atom. The Morgan fingerprint density at radius 2 is 1.82 bits per heavy atom. The standard InChI is InChI=1S/C23H24ClNO3/c1-3-4-5-6-13-28-23(26)20-15-22(16-7-10-18(27-2)11-8-16)25-21-12-9-17(24)14-19(20)21/h7-12,14-15H,3-6,13H2,1-2H3. The first-order chi connectivity index (χ1) is 13.6. The van der Waals surface area contributed by atoms with Crippen LogP contribution in [-0.2, 0) is 4.74 Å². The monoisotopic (exact) mass is 397 g/mol. The molecule has 2 aromatic carbocycles. The average molecular weight is 398 g/mol. The Labute approximate surface area is 170 Å². The molecule has 3 aromatic rings. The number of methoxy groups -OCH3 is 1. The molecular weight excluding hydrogens is 374 g/mol. The fraction of sp³-hybridized carbons (Fsp3) is 0.304. The van der Waals surface area contributed by atoms with Crippen molar-refractivity contribution in [2.45, 2.75) is 32.6 Å². The van der Waals surface area contributed by atoms with Crippen LogP contribution in [0.4, 0.5) is 0 Å². The maximum atomic E-state index is 12.8. The Kier molecular flexibility index (Phi) is 6.88. The summed E-state index contributed by atoms with van der Waals surface area (Å²) >= 11 is 6.15. The summed E-state index contributed by atoms with van der Waals surface area (Å²) in [4.78, 5) is 17.5. The van der Waals surface area contributed by atoms with Crippen molar-refractivity contribution in [1.29, 1.82) is 0 Å². The number of nitrogens with zero attached hydrogens (tertiary/aromatic N) is 1. The maximum absolute atomic E-state index is 12.8. The summed E-state index contributed by atoms with van der Waals surface area (Å²) in [5.74, 6) is 0.420. The zero-order valence-electron chi connectivity index (χ0n) is 16.2. The Balaban J connectivity index is 1.94. The van der Waals surface area contributed by atoms with Gasteiger partial charge in [0.15, 0.2) is 0 Å². The van der Waals surface area contributed by atoms with Crippen molar-refractivity contribution in [3.8, 4) is 17.0 Å². The second kappa shape index (κ2) is 9.56. The molecule has 0 amide bonds. The van der Waals surface area contributed by atoms with Gasteiger partial charge in [0.2, 0.25) is 0 Å². The van der Waals surface area contributed by atoms with Crippen LogP contribution >= 0.6 is 11.6 Å². The van der Waals surface area contributed by atoms with Gasteiger partial charge in [-0.25, -0.2) is 9.78 Å². The van der Waals surface area contributed by atoms with E-state index >= 15 is 0 Å². The molecule has 1 heterocycles. The molecule has 1 aromatic heterocycles. The minimum Gasteiger partial charge on any atom is -0.497 e. The average Bonchev–Trinajstić information content (AvgIpc) is 2.72. The van der Waals surface area contributed by atoms with Gasteiger partial charge in [-0.05, 0) is 55.0 Å². The van der Waals surface area contributed by atoms with Gasteiger partial charge in [0, 0.05) is 16.0 Å². The van der Waals surface area contributed by atoms with E-state index < -0.39 is 0 Å². The number of hydrogen-bond acceptors (Lipinski definition) is 4. The number of pyridine rings is 1. The van der Waals surface area contributed by atoms with E-state index in [1.54, 1.807) is 25.3 Å². The summed E-state index contributed by atoms with van der Waals surface area (Å²) in [6, 6.07) is 14.7. The highest BCUT2D eigenvalue weighted by molar-refractivity contribution is 6.31. The summed E-state index contributed by atoms with van der Waals surface area (Å²) in [7, 11) is 1.63. The van der Waals surface area contributed by atoms with E-state index in [0.717, 1.165) is 37.0 Å². The number of carbonyl (C=O) groups is 1. The number of esters is 1. The van der Waals surface area contributed by atoms with Crippen LogP contribution in [0.2, 0.25) is 5.02 Å². The number of carbonyl (C=O) groups excluding carboxylic acids is 1. The normalized spacial score (nSPS) is 10.8. The summed E-state index contributed by atoms with van der Waals surface area (Å²) in [6.07, 6.45) is 4.22. The largest absolute Gasteiger partial charge is 0.497 e. The van der Waals surface area contributed by atoms with Crippen LogP contribution in [0.5, 0.6) is 5.75 Å². The molecule has 0 saturated heterocycles. The van der Waals surface area contributed by atoms with E-state index in [0.29, 0.717) is 33.8 Å². The Morgan fingerprint density at radius 3 is 2.54 bits per heavy atom. The Bertz CT molecular complexity index is 954. The van der Waals surface area contributed by atoms with Crippen LogP contribution in [0, 0.1) is 0 Å². The summed E-state index contributed by atoms with van der Waals surface area (Å²) in [5.41, 5.74) is 2.79. The molecule has 0 aliphatic heterocycles. The third kappa shape index (κ3) is 4.82. The lowest BCUT2D eigenvalue weighted by atomic mass is 10.0. The van der Waals surface area contributed by atoms with Crippen LogP contribution < -0.4 is 4.74 Å². The zero-order valence-corrected chi connectivity index (χ0v) is 17.0. The molecule has 5 heteroatoms. The summed E-state index contributed by atoms with van der Waals surface area (Å²) < 4.78 is 10.7. The third-order valence-electron chi connectivity index (χ3n) is 4.61. The first kappa shape index (κ1) is 20.2. The number of rotatable bonds is 8. The SMILES string of the molecule is CCCCCCOC(=O)c1cc(-c2ccc(OC)cc2)nc2ccc(Cl)cc12. The van der Waals surface area contributed by atoms with Crippen molar-refractivity contribution in [2.24, 2.45) is 0 Å². The van der Waals surface area contributed by atoms with Gasteiger partial charge in [0.25, 0.3) is 0 Å². The number of hydrogen-bond donors (Lipinski definition) is 0. The van der Waals surface area contributed by atoms with Crippen molar-refractivity contribution in [2.75, 3.05) is 13.7 Å². The van der Waals surface area contributed by atoms with Crippen molar-refractivity contribution < 1.29 is 14.3 Å². The lowest BCUT2D eigenvalue weighted by molar-refractivity contribution is 0.0500. The molecule has 0 fully saturated rings. The zero-order chi connectivity index (χ0) is 19.9. The van der Waals surface area contributed by atoms with Crippen molar-refractivity contribution >= 4 is 28.5 Å². The van der Waals surface area contributed by atoms with E-state index in [-0.39, 0.29) is 5.97 Å². The van der Waals surface area contributed by atoms with Crippen molar-refractivity contribution in [3.63, 3.8) is 0 Å². The van der Waals surface area contributed by atoms with Crippen molar-refractivity contribution in [1.82, 2.24) is 4.98 Å². The Hall–Kier alpha value is -2.59. The van der Waals surface area contributed by atoms with Gasteiger partial charge in [-0.2, -0.15) is 0 Å². The van der Waals surface area contributed by atoms with Gasteiger partial charge in [0.05, 0.1) is 30.5 Å². The summed E-state index contributed by atoms with van der Waals surface area (Å²) in [5, 5.41) is 1.26. The van der Waals surface area contributed by atoms with Crippen LogP contribution in [0.1, 0.15) is 43.0 Å². The molecule has 0 aliphatic rings. The molecule has 0 saturated carbocycles. The van der Waals surface area contributed by atoms with E-state index in [1.165, 1.54) is 0 Å². The van der Waals surface area contributed by atoms with Gasteiger partial charge in [-0.1, -0.05) is 37.8 Å². The highest BCUT2D eigenvalue weighted by Crippen LogP contribution is 2.28. The van der Waals surface area contributed by atoms with E-state index in [2.05, 4.69) is 6.92 Å². The second-order valence-corrected chi connectivity index (χ2v) is 7.08. The molecule has 28 heavy (non-hydrogen) atoms. The van der Waals surface area contributed by atoms with E-state index in [9.17, 15) is 4.79 Å². The molecule has 0 bridgehead atoms. The maximum Gasteiger partial charge on any atom is 0.338 e. The number of unbranched alkanes of at least 4 members (excludes halogenated alkanes) is 3. The van der Waals surface area contributed by atoms with E-state index in [1.807, 2.05) is 30.3 Å². The number of ether oxygens (including phenoxy) is 2. The minimum atomic E-state index is -0.346. The van der Waals surface area contributed by atoms with Gasteiger partial charge in [0.1, 0.15) is 5.75 Å². The number of benzene rings is 2. The van der Waals surface area contributed by atoms with Gasteiger partial charge >= 0.3 is 5.97 Å². The molecule has 3 rings (SSSR count). The smallest absolute Gasteiger partial charge is 0.338 e. The van der Waals surface area contributed by atoms with Crippen LogP contribution in [0.15, 0.2) is 48.5 Å². The highest BCUT2D eigenvalue weighted by atomic mass is 35.5. The molecule has 0 aliphatic carbocycles. The summed E-state index contributed by atoms with van der Waals surface area (Å²) in [6.45, 7) is 2.57. The van der Waals surface area contributed by atoms with E-state index in [4.69, 9.17) is 26.1 Å². The fourth-order valence-corrected chi connectivity index (χ4v) is 3.22. The van der Waals surface area contributed by atoms with Crippen LogP contribution in [0.25, 0.3) is 22.2 Å². The van der Waals surface area contributed by atoms with Crippen LogP contribution in [-0.4, -0.2) is 24.7 Å². The minimum absolute atomic E-state index is 0.346. The van der Waals surface area contributed by atoms with Gasteiger partial charge < -0.3 is 9.47 Å². The highest BCUT2D eigenvalue weighted by Gasteiger charge is 2.16. The number of halogens is 1. The predicted molar refractivity (Wildman–Crippen MR) is 113 cm³/mol. The number of fused-ring (bicyclic) bond motifs is 1. The molecule has 0 spiro atoms. The molecule has 0 N–H and O–H groups in total. The predicted octanol–water partition coefficient (Wildman–Crippen LogP) is 6.30. The lowest BCUT2D eigenvalue weighted by Gasteiger charge is -2.11. The van der Waals surface area contributed by atoms with Crippen molar-refractivity contribution in [3.05, 3.63) is 59.1 Å². The second-order valence-electron chi connectivity index (χ2n) is 6.64. The molecule has 0 unspecified atom stereocenters.